The van der Waals surface area contributed by atoms with Crippen LogP contribution in [0.25, 0.3) is 0 Å². The van der Waals surface area contributed by atoms with Gasteiger partial charge in [0.1, 0.15) is 6.54 Å². The highest BCUT2D eigenvalue weighted by Gasteiger charge is 2.18. The molecule has 1 aromatic heterocycles. The Kier molecular flexibility index (Phi) is 7.51. The number of hydrogen-bond acceptors (Lipinski definition) is 8. The Bertz CT molecular complexity index is 597. The molecular weight excluding hydrogens is 425 g/mol. The Morgan fingerprint density at radius 3 is 2.43 bits per heavy atom. The Hall–Kier alpha value is -2.11. The topological polar surface area (TPSA) is 112 Å². The van der Waals surface area contributed by atoms with Crippen molar-refractivity contribution in [2.75, 3.05) is 33.9 Å². The number of carbonyl (C=O) groups excluding carboxylic acids is 4. The molecule has 0 fully saturated rings. The molecule has 23 heavy (non-hydrogen) atoms. The Morgan fingerprint density at radius 2 is 1.87 bits per heavy atom. The van der Waals surface area contributed by atoms with E-state index in [1.54, 1.807) is 0 Å². The lowest BCUT2D eigenvalue weighted by Gasteiger charge is -2.15. The van der Waals surface area contributed by atoms with Crippen molar-refractivity contribution >= 4 is 44.2 Å². The van der Waals surface area contributed by atoms with E-state index in [9.17, 15) is 19.2 Å². The molecule has 1 heterocycles. The lowest BCUT2D eigenvalue weighted by molar-refractivity contribution is -0.150. The van der Waals surface area contributed by atoms with Crippen molar-refractivity contribution in [3.63, 3.8) is 0 Å². The maximum absolute atomic E-state index is 11.7. The average molecular weight is 439 g/mol. The molecule has 1 amide bonds. The van der Waals surface area contributed by atoms with Crippen LogP contribution in [-0.4, -0.2) is 60.5 Å². The van der Waals surface area contributed by atoms with Gasteiger partial charge in [-0.1, -0.05) is 0 Å². The molecule has 0 bridgehead atoms. The Morgan fingerprint density at radius 1 is 1.17 bits per heavy atom. The van der Waals surface area contributed by atoms with Gasteiger partial charge < -0.3 is 23.5 Å². The summed E-state index contributed by atoms with van der Waals surface area (Å²) in [6.45, 7) is -1.30. The van der Waals surface area contributed by atoms with Crippen LogP contribution in [0.4, 0.5) is 0 Å². The van der Waals surface area contributed by atoms with Crippen LogP contribution >= 0.6 is 22.6 Å². The summed E-state index contributed by atoms with van der Waals surface area (Å²) < 4.78 is 18.8. The van der Waals surface area contributed by atoms with E-state index in [1.165, 1.54) is 48.9 Å². The van der Waals surface area contributed by atoms with Crippen LogP contribution in [0.2, 0.25) is 0 Å². The van der Waals surface area contributed by atoms with Crippen molar-refractivity contribution in [1.29, 1.82) is 0 Å². The maximum atomic E-state index is 11.7. The van der Waals surface area contributed by atoms with Crippen molar-refractivity contribution in [1.82, 2.24) is 4.90 Å². The fourth-order valence-electron chi connectivity index (χ4n) is 1.31. The first-order valence-electron chi connectivity index (χ1n) is 6.22. The molecule has 0 aromatic carbocycles. The minimum Gasteiger partial charge on any atom is -0.468 e. The second kappa shape index (κ2) is 9.12. The zero-order chi connectivity index (χ0) is 17.4. The molecule has 0 unspecified atom stereocenters. The van der Waals surface area contributed by atoms with Crippen LogP contribution in [0.1, 0.15) is 10.6 Å². The molecular formula is C13H14INO8. The van der Waals surface area contributed by atoms with E-state index >= 15 is 0 Å². The number of methoxy groups -OCH3 is 1. The molecule has 0 N–H and O–H groups in total. The first-order valence-corrected chi connectivity index (χ1v) is 7.30. The smallest absolute Gasteiger partial charge is 0.374 e. The number of nitrogens with zero attached hydrogens (tertiary/aromatic N) is 1. The number of rotatable bonds is 8. The minimum absolute atomic E-state index is 0.114. The van der Waals surface area contributed by atoms with Gasteiger partial charge in [0.15, 0.2) is 13.2 Å². The van der Waals surface area contributed by atoms with Crippen LogP contribution in [0.15, 0.2) is 16.5 Å². The predicted octanol–water partition coefficient (Wildman–Crippen LogP) is 0.408. The van der Waals surface area contributed by atoms with Crippen LogP contribution < -0.4 is 4.74 Å². The Labute approximate surface area is 145 Å². The van der Waals surface area contributed by atoms with E-state index in [1.807, 2.05) is 0 Å². The summed E-state index contributed by atoms with van der Waals surface area (Å²) in [5.41, 5.74) is 0. The van der Waals surface area contributed by atoms with Gasteiger partial charge in [-0.15, -0.1) is 0 Å². The molecule has 126 valence electrons. The zero-order valence-corrected chi connectivity index (χ0v) is 14.5. The number of amides is 1. The summed E-state index contributed by atoms with van der Waals surface area (Å²) in [5.74, 6) is -2.18. The van der Waals surface area contributed by atoms with Crippen LogP contribution in [0.3, 0.4) is 0 Å². The van der Waals surface area contributed by atoms with Gasteiger partial charge in [-0.2, -0.15) is 0 Å². The van der Waals surface area contributed by atoms with Crippen molar-refractivity contribution in [2.24, 2.45) is 0 Å². The van der Waals surface area contributed by atoms with Gasteiger partial charge >= 0.3 is 11.9 Å². The monoisotopic (exact) mass is 439 g/mol. The molecule has 0 aliphatic rings. The Balaban J connectivity index is 2.38. The second-order valence-corrected chi connectivity index (χ2v) is 5.37. The third kappa shape index (κ3) is 6.67. The molecule has 0 aliphatic heterocycles. The largest absolute Gasteiger partial charge is 0.468 e. The number of carbonyl (C=O) groups is 4. The van der Waals surface area contributed by atoms with Crippen molar-refractivity contribution in [3.8, 4) is 5.95 Å². The van der Waals surface area contributed by atoms with Gasteiger partial charge in [-0.3, -0.25) is 14.4 Å². The maximum Gasteiger partial charge on any atom is 0.374 e. The molecule has 1 aromatic rings. The molecule has 0 aliphatic carbocycles. The van der Waals surface area contributed by atoms with Crippen molar-refractivity contribution < 1.29 is 37.8 Å². The predicted molar refractivity (Wildman–Crippen MR) is 83.2 cm³/mol. The van der Waals surface area contributed by atoms with Crippen molar-refractivity contribution in [2.45, 2.75) is 0 Å². The van der Waals surface area contributed by atoms with Crippen LogP contribution in [0.5, 0.6) is 5.95 Å². The number of hydrogen-bond donors (Lipinski definition) is 0. The van der Waals surface area contributed by atoms with Gasteiger partial charge in [0.2, 0.25) is 9.55 Å². The molecule has 9 nitrogen and oxygen atoms in total. The third-order valence-electron chi connectivity index (χ3n) is 2.45. The van der Waals surface area contributed by atoms with Crippen LogP contribution in [-0.2, 0) is 23.9 Å². The highest BCUT2D eigenvalue weighted by Crippen LogP contribution is 2.15. The summed E-state index contributed by atoms with van der Waals surface area (Å²) in [6.07, 6.45) is 0. The first-order chi connectivity index (χ1) is 10.8. The molecule has 1 rings (SSSR count). The van der Waals surface area contributed by atoms with Gasteiger partial charge in [0.05, 0.1) is 7.11 Å². The van der Waals surface area contributed by atoms with E-state index in [-0.39, 0.29) is 28.6 Å². The van der Waals surface area contributed by atoms with E-state index < -0.39 is 24.5 Å². The van der Waals surface area contributed by atoms with Crippen LogP contribution in [0, 0.1) is 0 Å². The highest BCUT2D eigenvalue weighted by atomic mass is 127. The summed E-state index contributed by atoms with van der Waals surface area (Å²) in [7, 11) is 2.70. The van der Waals surface area contributed by atoms with Gasteiger partial charge in [-0.25, -0.2) is 4.79 Å². The van der Waals surface area contributed by atoms with E-state index in [0.29, 0.717) is 0 Å². The van der Waals surface area contributed by atoms with Gasteiger partial charge in [0, 0.05) is 35.7 Å². The molecule has 0 atom stereocenters. The molecule has 0 radical (unpaired) electrons. The lowest BCUT2D eigenvalue weighted by atomic mass is 10.4. The third-order valence-corrected chi connectivity index (χ3v) is 2.76. The van der Waals surface area contributed by atoms with E-state index in [2.05, 4.69) is 4.74 Å². The molecule has 0 saturated carbocycles. The molecule has 10 heteroatoms. The lowest BCUT2D eigenvalue weighted by Crippen LogP contribution is -2.36. The van der Waals surface area contributed by atoms with Gasteiger partial charge in [-0.05, 0) is 6.07 Å². The fourth-order valence-corrected chi connectivity index (χ4v) is 1.47. The number of ether oxygens (including phenoxy) is 3. The normalized spacial score (nSPS) is 9.87. The fraction of sp³-hybridized carbons (Fsp3) is 0.385. The van der Waals surface area contributed by atoms with Gasteiger partial charge in [0.25, 0.3) is 11.9 Å². The van der Waals surface area contributed by atoms with E-state index in [4.69, 9.17) is 13.9 Å². The number of likely N-dealkylation sites (N-methyl/N-ethyl adjacent to an activating group) is 1. The molecule has 0 spiro atoms. The van der Waals surface area contributed by atoms with E-state index in [0.717, 1.165) is 4.90 Å². The van der Waals surface area contributed by atoms with Crippen molar-refractivity contribution in [3.05, 3.63) is 17.9 Å². The summed E-state index contributed by atoms with van der Waals surface area (Å²) in [5, 5.41) is 0. The summed E-state index contributed by atoms with van der Waals surface area (Å²) >= 11 is 1.48. The first kappa shape index (κ1) is 18.9. The number of halogens is 1. The zero-order valence-electron chi connectivity index (χ0n) is 12.4. The average Bonchev–Trinajstić information content (AvgIpc) is 2.99. The summed E-state index contributed by atoms with van der Waals surface area (Å²) in [6, 6.07) is 2.77. The standard InChI is InChI=1S/C13H14INO8/c1-15(5-11(18)21-6-9(14)16)10(17)7-22-13(19)8-3-4-12(20-2)23-8/h3-4H,5-7H2,1-2H3. The number of furan rings is 1. The number of esters is 2. The SMILES string of the molecule is COc1ccc(C(=O)OCC(=O)N(C)CC(=O)OCC(=O)I)o1. The summed E-state index contributed by atoms with van der Waals surface area (Å²) in [4.78, 5) is 46.4. The quantitative estimate of drug-likeness (QED) is 0.325. The second-order valence-electron chi connectivity index (χ2n) is 4.16. The molecule has 0 saturated heterocycles. The highest BCUT2D eigenvalue weighted by molar-refractivity contribution is 14.1. The minimum atomic E-state index is -0.840.